The maximum atomic E-state index is 13.5. The first-order chi connectivity index (χ1) is 8.19. The lowest BCUT2D eigenvalue weighted by Crippen LogP contribution is -1.99. The molecule has 2 aromatic rings. The van der Waals surface area contributed by atoms with Crippen molar-refractivity contribution in [3.63, 3.8) is 0 Å². The van der Waals surface area contributed by atoms with Gasteiger partial charge in [-0.15, -0.1) is 11.3 Å². The summed E-state index contributed by atoms with van der Waals surface area (Å²) in [5.74, 6) is -0.424. The second-order valence-electron chi connectivity index (χ2n) is 3.37. The van der Waals surface area contributed by atoms with Crippen molar-refractivity contribution in [1.29, 1.82) is 5.26 Å². The quantitative estimate of drug-likeness (QED) is 0.911. The topological polar surface area (TPSA) is 35.8 Å². The van der Waals surface area contributed by atoms with Crippen molar-refractivity contribution in [2.75, 3.05) is 5.32 Å². The first-order valence-corrected chi connectivity index (χ1v) is 6.06. The summed E-state index contributed by atoms with van der Waals surface area (Å²) in [5.41, 5.74) is 0.695. The van der Waals surface area contributed by atoms with Gasteiger partial charge in [0.2, 0.25) is 0 Å². The first kappa shape index (κ1) is 11.9. The van der Waals surface area contributed by atoms with E-state index in [1.807, 2.05) is 12.1 Å². The van der Waals surface area contributed by atoms with Crippen LogP contribution >= 0.6 is 22.9 Å². The lowest BCUT2D eigenvalue weighted by atomic mass is 10.2. The molecule has 1 heterocycles. The van der Waals surface area contributed by atoms with Gasteiger partial charge < -0.3 is 5.32 Å². The summed E-state index contributed by atoms with van der Waals surface area (Å²) in [6.07, 6.45) is 0. The maximum Gasteiger partial charge on any atom is 0.147 e. The van der Waals surface area contributed by atoms with Crippen LogP contribution in [0.3, 0.4) is 0 Å². The van der Waals surface area contributed by atoms with E-state index in [-0.39, 0.29) is 0 Å². The van der Waals surface area contributed by atoms with Crippen LogP contribution in [0.4, 0.5) is 10.1 Å². The molecule has 0 aliphatic rings. The molecule has 0 radical (unpaired) electrons. The molecule has 2 rings (SSSR count). The van der Waals surface area contributed by atoms with Crippen LogP contribution in [0.5, 0.6) is 0 Å². The molecular weight excluding hydrogens is 259 g/mol. The monoisotopic (exact) mass is 266 g/mol. The zero-order valence-electron chi connectivity index (χ0n) is 8.71. The Bertz CT molecular complexity index is 574. The fraction of sp³-hybridized carbons (Fsp3) is 0.0833. The van der Waals surface area contributed by atoms with E-state index in [9.17, 15) is 4.39 Å². The fourth-order valence-corrected chi connectivity index (χ4v) is 2.38. The smallest absolute Gasteiger partial charge is 0.147 e. The SMILES string of the molecule is N#Cc1ccc(NCc2ccc(Cl)s2)c(F)c1. The molecule has 1 aromatic heterocycles. The van der Waals surface area contributed by atoms with E-state index in [0.717, 1.165) is 4.88 Å². The standard InChI is InChI=1S/C12H8ClFN2S/c13-12-4-2-9(17-12)7-16-11-3-1-8(6-15)5-10(11)14/h1-5,16H,7H2. The van der Waals surface area contributed by atoms with Gasteiger partial charge in [0, 0.05) is 11.4 Å². The Labute approximate surface area is 107 Å². The summed E-state index contributed by atoms with van der Waals surface area (Å²) in [7, 11) is 0. The van der Waals surface area contributed by atoms with Crippen molar-refractivity contribution >= 4 is 28.6 Å². The third kappa shape index (κ3) is 2.96. The van der Waals surface area contributed by atoms with Crippen LogP contribution in [0, 0.1) is 17.1 Å². The summed E-state index contributed by atoms with van der Waals surface area (Å²) < 4.78 is 14.2. The molecule has 0 fully saturated rings. The highest BCUT2D eigenvalue weighted by atomic mass is 35.5. The van der Waals surface area contributed by atoms with E-state index in [2.05, 4.69) is 5.32 Å². The molecule has 0 atom stereocenters. The van der Waals surface area contributed by atoms with Gasteiger partial charge in [0.1, 0.15) is 5.82 Å². The Hall–Kier alpha value is -1.57. The predicted octanol–water partition coefficient (Wildman–Crippen LogP) is 4.02. The predicted molar refractivity (Wildman–Crippen MR) is 67.8 cm³/mol. The normalized spacial score (nSPS) is 9.94. The minimum absolute atomic E-state index is 0.312. The van der Waals surface area contributed by atoms with E-state index in [1.165, 1.54) is 17.4 Å². The molecule has 0 aliphatic heterocycles. The van der Waals surface area contributed by atoms with Crippen molar-refractivity contribution in [3.05, 3.63) is 50.9 Å². The van der Waals surface area contributed by atoms with Crippen LogP contribution in [0.2, 0.25) is 4.34 Å². The Kier molecular flexibility index (Phi) is 3.62. The Morgan fingerprint density at radius 3 is 2.76 bits per heavy atom. The van der Waals surface area contributed by atoms with Gasteiger partial charge >= 0.3 is 0 Å². The van der Waals surface area contributed by atoms with E-state index < -0.39 is 5.82 Å². The summed E-state index contributed by atoms with van der Waals surface area (Å²) in [6.45, 7) is 0.514. The molecule has 0 amide bonds. The molecular formula is C12H8ClFN2S. The van der Waals surface area contributed by atoms with Gasteiger partial charge in [-0.1, -0.05) is 11.6 Å². The maximum absolute atomic E-state index is 13.5. The zero-order chi connectivity index (χ0) is 12.3. The van der Waals surface area contributed by atoms with Crippen LogP contribution in [0.25, 0.3) is 0 Å². The third-order valence-electron chi connectivity index (χ3n) is 2.18. The second-order valence-corrected chi connectivity index (χ2v) is 5.17. The molecule has 1 N–H and O–H groups in total. The van der Waals surface area contributed by atoms with Gasteiger partial charge in [-0.3, -0.25) is 0 Å². The molecule has 1 aromatic carbocycles. The molecule has 0 bridgehead atoms. The Morgan fingerprint density at radius 2 is 2.18 bits per heavy atom. The van der Waals surface area contributed by atoms with Crippen molar-refractivity contribution in [2.45, 2.75) is 6.54 Å². The molecule has 0 spiro atoms. The fourth-order valence-electron chi connectivity index (χ4n) is 1.36. The summed E-state index contributed by atoms with van der Waals surface area (Å²) in [5, 5.41) is 11.6. The highest BCUT2D eigenvalue weighted by Crippen LogP contribution is 2.23. The largest absolute Gasteiger partial charge is 0.378 e. The van der Waals surface area contributed by atoms with E-state index in [0.29, 0.717) is 22.1 Å². The number of hydrogen-bond donors (Lipinski definition) is 1. The number of rotatable bonds is 3. The summed E-state index contributed by atoms with van der Waals surface area (Å²) in [6, 6.07) is 9.93. The summed E-state index contributed by atoms with van der Waals surface area (Å²) in [4.78, 5) is 1.03. The number of nitriles is 1. The first-order valence-electron chi connectivity index (χ1n) is 4.87. The van der Waals surface area contributed by atoms with Gasteiger partial charge in [0.15, 0.2) is 0 Å². The van der Waals surface area contributed by atoms with Gasteiger partial charge in [-0.05, 0) is 30.3 Å². The number of thiophene rings is 1. The molecule has 86 valence electrons. The van der Waals surface area contributed by atoms with E-state index in [1.54, 1.807) is 18.2 Å². The number of nitrogens with zero attached hydrogens (tertiary/aromatic N) is 1. The van der Waals surface area contributed by atoms with Gasteiger partial charge in [-0.2, -0.15) is 5.26 Å². The number of nitrogens with one attached hydrogen (secondary N) is 1. The van der Waals surface area contributed by atoms with Crippen LogP contribution in [-0.2, 0) is 6.54 Å². The van der Waals surface area contributed by atoms with Gasteiger partial charge in [0.05, 0.1) is 21.7 Å². The van der Waals surface area contributed by atoms with Gasteiger partial charge in [-0.25, -0.2) is 4.39 Å². The summed E-state index contributed by atoms with van der Waals surface area (Å²) >= 11 is 7.24. The highest BCUT2D eigenvalue weighted by molar-refractivity contribution is 7.16. The van der Waals surface area contributed by atoms with Crippen LogP contribution in [0.1, 0.15) is 10.4 Å². The number of hydrogen-bond acceptors (Lipinski definition) is 3. The second kappa shape index (κ2) is 5.17. The van der Waals surface area contributed by atoms with Crippen molar-refractivity contribution in [2.24, 2.45) is 0 Å². The van der Waals surface area contributed by atoms with Crippen LogP contribution in [-0.4, -0.2) is 0 Å². The highest BCUT2D eigenvalue weighted by Gasteiger charge is 2.04. The minimum Gasteiger partial charge on any atom is -0.378 e. The third-order valence-corrected chi connectivity index (χ3v) is 3.41. The lowest BCUT2D eigenvalue weighted by Gasteiger charge is -2.05. The molecule has 0 aliphatic carbocycles. The molecule has 5 heteroatoms. The van der Waals surface area contributed by atoms with Gasteiger partial charge in [0.25, 0.3) is 0 Å². The van der Waals surface area contributed by atoms with Crippen molar-refractivity contribution in [3.8, 4) is 6.07 Å². The molecule has 0 unspecified atom stereocenters. The van der Waals surface area contributed by atoms with E-state index >= 15 is 0 Å². The molecule has 0 saturated carbocycles. The number of halogens is 2. The average Bonchev–Trinajstić information content (AvgIpc) is 2.73. The average molecular weight is 267 g/mol. The molecule has 0 saturated heterocycles. The van der Waals surface area contributed by atoms with Crippen LogP contribution < -0.4 is 5.32 Å². The van der Waals surface area contributed by atoms with Crippen LogP contribution in [0.15, 0.2) is 30.3 Å². The Balaban J connectivity index is 2.07. The minimum atomic E-state index is -0.424. The lowest BCUT2D eigenvalue weighted by molar-refractivity contribution is 0.629. The van der Waals surface area contributed by atoms with Crippen molar-refractivity contribution in [1.82, 2.24) is 0 Å². The molecule has 2 nitrogen and oxygen atoms in total. The Morgan fingerprint density at radius 1 is 1.35 bits per heavy atom. The number of anilines is 1. The number of benzene rings is 1. The van der Waals surface area contributed by atoms with E-state index in [4.69, 9.17) is 16.9 Å². The zero-order valence-corrected chi connectivity index (χ0v) is 10.3. The molecule has 17 heavy (non-hydrogen) atoms. The van der Waals surface area contributed by atoms with Crippen molar-refractivity contribution < 1.29 is 4.39 Å².